The lowest BCUT2D eigenvalue weighted by Gasteiger charge is -2.44. The van der Waals surface area contributed by atoms with Gasteiger partial charge in [-0.25, -0.2) is 4.39 Å². The number of halogens is 1. The molecule has 118 valence electrons. The molecule has 0 bridgehead atoms. The molecule has 1 atom stereocenters. The first-order valence-electron chi connectivity index (χ1n) is 8.25. The maximum absolute atomic E-state index is 13.8. The first kappa shape index (κ1) is 16.4. The summed E-state index contributed by atoms with van der Waals surface area (Å²) in [6.45, 7) is 7.66. The molecule has 2 nitrogen and oxygen atoms in total. The Morgan fingerprint density at radius 1 is 1.19 bits per heavy atom. The molecule has 0 aliphatic heterocycles. The van der Waals surface area contributed by atoms with Gasteiger partial charge in [0, 0.05) is 6.61 Å². The molecule has 0 saturated heterocycles. The van der Waals surface area contributed by atoms with Crippen LogP contribution in [0.15, 0.2) is 18.2 Å². The average molecular weight is 293 g/mol. The molecule has 0 aromatic heterocycles. The van der Waals surface area contributed by atoms with Gasteiger partial charge in [-0.3, -0.25) is 0 Å². The van der Waals surface area contributed by atoms with Crippen LogP contribution in [0.5, 0.6) is 0 Å². The number of ether oxygens (including phenoxy) is 1. The second kappa shape index (κ2) is 7.37. The highest BCUT2D eigenvalue weighted by Crippen LogP contribution is 2.41. The van der Waals surface area contributed by atoms with Crippen molar-refractivity contribution in [3.63, 3.8) is 0 Å². The van der Waals surface area contributed by atoms with Crippen molar-refractivity contribution in [3.8, 4) is 0 Å². The summed E-state index contributed by atoms with van der Waals surface area (Å²) in [4.78, 5) is 0. The standard InChI is InChI=1S/C18H28FNO/c1-4-20-17(15-11-14(3)12-16(19)13-15)18(21-5-2)9-7-6-8-10-18/h11-13,17,20H,4-10H2,1-3H3. The van der Waals surface area contributed by atoms with E-state index in [0.717, 1.165) is 30.5 Å². The predicted octanol–water partition coefficient (Wildman–Crippen LogP) is 4.52. The van der Waals surface area contributed by atoms with E-state index in [4.69, 9.17) is 4.74 Å². The summed E-state index contributed by atoms with van der Waals surface area (Å²) in [5.74, 6) is -0.157. The first-order chi connectivity index (χ1) is 10.1. The maximum atomic E-state index is 13.8. The van der Waals surface area contributed by atoms with Crippen LogP contribution >= 0.6 is 0 Å². The lowest BCUT2D eigenvalue weighted by Crippen LogP contribution is -2.47. The smallest absolute Gasteiger partial charge is 0.123 e. The largest absolute Gasteiger partial charge is 0.373 e. The molecule has 0 amide bonds. The number of rotatable bonds is 6. The molecule has 1 saturated carbocycles. The Labute approximate surface area is 128 Å². The molecule has 21 heavy (non-hydrogen) atoms. The highest BCUT2D eigenvalue weighted by molar-refractivity contribution is 5.29. The number of benzene rings is 1. The van der Waals surface area contributed by atoms with Crippen LogP contribution in [0.4, 0.5) is 4.39 Å². The predicted molar refractivity (Wildman–Crippen MR) is 85.0 cm³/mol. The van der Waals surface area contributed by atoms with Crippen LogP contribution in [0, 0.1) is 12.7 Å². The fourth-order valence-corrected chi connectivity index (χ4v) is 3.70. The van der Waals surface area contributed by atoms with Gasteiger partial charge in [-0.2, -0.15) is 0 Å². The fourth-order valence-electron chi connectivity index (χ4n) is 3.70. The van der Waals surface area contributed by atoms with E-state index in [1.807, 2.05) is 6.92 Å². The van der Waals surface area contributed by atoms with E-state index in [0.29, 0.717) is 6.61 Å². The topological polar surface area (TPSA) is 21.3 Å². The van der Waals surface area contributed by atoms with E-state index in [9.17, 15) is 4.39 Å². The van der Waals surface area contributed by atoms with E-state index in [1.165, 1.54) is 19.3 Å². The third-order valence-corrected chi connectivity index (χ3v) is 4.46. The molecule has 1 N–H and O–H groups in total. The summed E-state index contributed by atoms with van der Waals surface area (Å²) in [6, 6.07) is 5.40. The van der Waals surface area contributed by atoms with Gasteiger partial charge in [0.15, 0.2) is 0 Å². The first-order valence-corrected chi connectivity index (χ1v) is 8.25. The molecule has 2 rings (SSSR count). The van der Waals surface area contributed by atoms with Crippen LogP contribution in [-0.4, -0.2) is 18.8 Å². The van der Waals surface area contributed by atoms with Gasteiger partial charge < -0.3 is 10.1 Å². The van der Waals surface area contributed by atoms with Crippen LogP contribution in [0.25, 0.3) is 0 Å². The lowest BCUT2D eigenvalue weighted by atomic mass is 9.76. The second-order valence-electron chi connectivity index (χ2n) is 6.11. The number of nitrogens with one attached hydrogen (secondary N) is 1. The van der Waals surface area contributed by atoms with Crippen molar-refractivity contribution in [2.45, 2.75) is 64.5 Å². The van der Waals surface area contributed by atoms with Crippen molar-refractivity contribution >= 4 is 0 Å². The SMILES string of the molecule is CCNC(c1cc(C)cc(F)c1)C1(OCC)CCCCC1. The number of hydrogen-bond donors (Lipinski definition) is 1. The van der Waals surface area contributed by atoms with Gasteiger partial charge in [-0.1, -0.05) is 32.3 Å². The summed E-state index contributed by atoms with van der Waals surface area (Å²) >= 11 is 0. The van der Waals surface area contributed by atoms with Crippen LogP contribution in [0.3, 0.4) is 0 Å². The summed E-state index contributed by atoms with van der Waals surface area (Å²) in [6.07, 6.45) is 5.75. The lowest BCUT2D eigenvalue weighted by molar-refractivity contribution is -0.0910. The Morgan fingerprint density at radius 3 is 2.48 bits per heavy atom. The molecular weight excluding hydrogens is 265 g/mol. The third kappa shape index (κ3) is 3.83. The Hall–Kier alpha value is -0.930. The minimum absolute atomic E-state index is 0.0668. The Kier molecular flexibility index (Phi) is 5.77. The van der Waals surface area contributed by atoms with Crippen molar-refractivity contribution in [3.05, 3.63) is 35.1 Å². The summed E-state index contributed by atoms with van der Waals surface area (Å²) in [7, 11) is 0. The number of hydrogen-bond acceptors (Lipinski definition) is 2. The van der Waals surface area contributed by atoms with E-state index in [2.05, 4.69) is 25.2 Å². The monoisotopic (exact) mass is 293 g/mol. The minimum Gasteiger partial charge on any atom is -0.373 e. The minimum atomic E-state index is -0.191. The zero-order valence-electron chi connectivity index (χ0n) is 13.5. The molecule has 1 aromatic rings. The zero-order chi connectivity index (χ0) is 15.3. The Bertz CT molecular complexity index is 429. The van der Waals surface area contributed by atoms with Gasteiger partial charge >= 0.3 is 0 Å². The third-order valence-electron chi connectivity index (χ3n) is 4.46. The number of likely N-dealkylation sites (N-methyl/N-ethyl adjacent to an activating group) is 1. The van der Waals surface area contributed by atoms with Crippen LogP contribution < -0.4 is 5.32 Å². The molecule has 0 spiro atoms. The molecule has 1 aromatic carbocycles. The van der Waals surface area contributed by atoms with Gasteiger partial charge in [0.05, 0.1) is 11.6 Å². The van der Waals surface area contributed by atoms with E-state index in [1.54, 1.807) is 12.1 Å². The highest BCUT2D eigenvalue weighted by Gasteiger charge is 2.41. The quantitative estimate of drug-likeness (QED) is 0.832. The molecular formula is C18H28FNO. The van der Waals surface area contributed by atoms with Crippen molar-refractivity contribution in [1.82, 2.24) is 5.32 Å². The summed E-state index contributed by atoms with van der Waals surface area (Å²) < 4.78 is 20.1. The van der Waals surface area contributed by atoms with Gasteiger partial charge in [0.2, 0.25) is 0 Å². The van der Waals surface area contributed by atoms with Gasteiger partial charge in [0.1, 0.15) is 5.82 Å². The Morgan fingerprint density at radius 2 is 1.90 bits per heavy atom. The molecule has 1 aliphatic rings. The van der Waals surface area contributed by atoms with Crippen LogP contribution in [-0.2, 0) is 4.74 Å². The van der Waals surface area contributed by atoms with Gasteiger partial charge in [-0.15, -0.1) is 0 Å². The fraction of sp³-hybridized carbons (Fsp3) is 0.667. The second-order valence-corrected chi connectivity index (χ2v) is 6.11. The van der Waals surface area contributed by atoms with Crippen molar-refractivity contribution in [2.24, 2.45) is 0 Å². The normalized spacial score (nSPS) is 19.4. The van der Waals surface area contributed by atoms with Gasteiger partial charge in [0.25, 0.3) is 0 Å². The van der Waals surface area contributed by atoms with E-state index >= 15 is 0 Å². The van der Waals surface area contributed by atoms with Gasteiger partial charge in [-0.05, 0) is 56.5 Å². The molecule has 1 fully saturated rings. The summed E-state index contributed by atoms with van der Waals surface area (Å²) in [5.41, 5.74) is 1.79. The molecule has 0 heterocycles. The van der Waals surface area contributed by atoms with Crippen molar-refractivity contribution in [1.29, 1.82) is 0 Å². The van der Waals surface area contributed by atoms with Crippen molar-refractivity contribution < 1.29 is 9.13 Å². The van der Waals surface area contributed by atoms with E-state index in [-0.39, 0.29) is 17.5 Å². The number of aryl methyl sites for hydroxylation is 1. The molecule has 1 unspecified atom stereocenters. The van der Waals surface area contributed by atoms with Crippen molar-refractivity contribution in [2.75, 3.05) is 13.2 Å². The average Bonchev–Trinajstić information content (AvgIpc) is 2.45. The highest BCUT2D eigenvalue weighted by atomic mass is 19.1. The molecule has 3 heteroatoms. The maximum Gasteiger partial charge on any atom is 0.123 e. The van der Waals surface area contributed by atoms with Crippen LogP contribution in [0.2, 0.25) is 0 Å². The molecule has 1 aliphatic carbocycles. The van der Waals surface area contributed by atoms with E-state index < -0.39 is 0 Å². The Balaban J connectivity index is 2.38. The molecule has 0 radical (unpaired) electrons. The summed E-state index contributed by atoms with van der Waals surface area (Å²) in [5, 5.41) is 3.56. The van der Waals surface area contributed by atoms with Crippen LogP contribution in [0.1, 0.15) is 63.1 Å². The zero-order valence-corrected chi connectivity index (χ0v) is 13.5.